The monoisotopic (exact) mass is 295 g/mol. The van der Waals surface area contributed by atoms with Crippen molar-refractivity contribution in [1.29, 1.82) is 0 Å². The van der Waals surface area contributed by atoms with Crippen molar-refractivity contribution in [2.75, 3.05) is 7.11 Å². The van der Waals surface area contributed by atoms with Crippen molar-refractivity contribution < 1.29 is 19.4 Å². The number of carboxylic acids is 1. The van der Waals surface area contributed by atoms with Crippen LogP contribution in [0.25, 0.3) is 0 Å². The Balaban J connectivity index is 2.54. The zero-order valence-electron chi connectivity index (χ0n) is 12.5. The summed E-state index contributed by atoms with van der Waals surface area (Å²) in [6, 6.07) is 2.94. The van der Waals surface area contributed by atoms with Crippen LogP contribution >= 0.6 is 0 Å². The molecular weight excluding hydrogens is 274 g/mol. The maximum atomic E-state index is 11.8. The molecule has 1 unspecified atom stereocenters. The number of amides is 2. The van der Waals surface area contributed by atoms with Crippen molar-refractivity contribution >= 4 is 12.0 Å². The minimum Gasteiger partial charge on any atom is -0.481 e. The standard InChI is InChI=1S/C14H21N3O4/c1-4-7-14(2,12(18)19)17-13(20)16-9-10-5-6-11(21-3)15-8-10/h5-6,8H,4,7,9H2,1-3H3,(H,18,19)(H2,16,17,20). The van der Waals surface area contributed by atoms with E-state index in [2.05, 4.69) is 15.6 Å². The zero-order valence-corrected chi connectivity index (χ0v) is 12.5. The molecule has 0 aliphatic rings. The van der Waals surface area contributed by atoms with E-state index in [0.717, 1.165) is 5.56 Å². The third-order valence-corrected chi connectivity index (χ3v) is 3.07. The van der Waals surface area contributed by atoms with Gasteiger partial charge in [-0.25, -0.2) is 14.6 Å². The molecule has 1 atom stereocenters. The van der Waals surface area contributed by atoms with E-state index in [1.54, 1.807) is 18.3 Å². The molecule has 2 amide bonds. The second kappa shape index (κ2) is 7.47. The molecule has 1 rings (SSSR count). The zero-order chi connectivity index (χ0) is 15.9. The van der Waals surface area contributed by atoms with Crippen molar-refractivity contribution in [2.24, 2.45) is 0 Å². The number of carbonyl (C=O) groups is 2. The van der Waals surface area contributed by atoms with Crippen LogP contribution in [0.4, 0.5) is 4.79 Å². The Kier molecular flexibility index (Phi) is 5.95. The summed E-state index contributed by atoms with van der Waals surface area (Å²) in [5, 5.41) is 14.3. The molecule has 0 spiro atoms. The first kappa shape index (κ1) is 16.7. The van der Waals surface area contributed by atoms with Gasteiger partial charge in [-0.2, -0.15) is 0 Å². The highest BCUT2D eigenvalue weighted by molar-refractivity contribution is 5.85. The largest absolute Gasteiger partial charge is 0.481 e. The fourth-order valence-electron chi connectivity index (χ4n) is 1.84. The van der Waals surface area contributed by atoms with Crippen molar-refractivity contribution in [3.05, 3.63) is 23.9 Å². The summed E-state index contributed by atoms with van der Waals surface area (Å²) in [4.78, 5) is 27.0. The lowest BCUT2D eigenvalue weighted by atomic mass is 9.97. The fourth-order valence-corrected chi connectivity index (χ4v) is 1.84. The van der Waals surface area contributed by atoms with Gasteiger partial charge < -0.3 is 20.5 Å². The molecule has 0 saturated heterocycles. The van der Waals surface area contributed by atoms with E-state index >= 15 is 0 Å². The summed E-state index contributed by atoms with van der Waals surface area (Å²) in [7, 11) is 1.52. The smallest absolute Gasteiger partial charge is 0.329 e. The Hall–Kier alpha value is -2.31. The molecule has 0 aromatic carbocycles. The number of aliphatic carboxylic acids is 1. The second-order valence-electron chi connectivity index (χ2n) is 4.90. The van der Waals surface area contributed by atoms with Gasteiger partial charge in [-0.3, -0.25) is 0 Å². The van der Waals surface area contributed by atoms with Gasteiger partial charge in [0.2, 0.25) is 5.88 Å². The number of nitrogens with zero attached hydrogens (tertiary/aromatic N) is 1. The van der Waals surface area contributed by atoms with Crippen LogP contribution in [0.2, 0.25) is 0 Å². The summed E-state index contributed by atoms with van der Waals surface area (Å²) < 4.78 is 4.94. The van der Waals surface area contributed by atoms with Gasteiger partial charge in [-0.1, -0.05) is 19.4 Å². The average Bonchev–Trinajstić information content (AvgIpc) is 2.45. The molecule has 116 valence electrons. The summed E-state index contributed by atoms with van der Waals surface area (Å²) in [5.74, 6) is -0.560. The molecule has 1 aromatic rings. The number of carbonyl (C=O) groups excluding carboxylic acids is 1. The highest BCUT2D eigenvalue weighted by Crippen LogP contribution is 2.12. The first-order valence-electron chi connectivity index (χ1n) is 6.69. The molecule has 0 aliphatic heterocycles. The molecule has 3 N–H and O–H groups in total. The average molecular weight is 295 g/mol. The number of methoxy groups -OCH3 is 1. The van der Waals surface area contributed by atoms with Crippen molar-refractivity contribution in [3.63, 3.8) is 0 Å². The van der Waals surface area contributed by atoms with E-state index < -0.39 is 17.5 Å². The summed E-state index contributed by atoms with van der Waals surface area (Å²) >= 11 is 0. The van der Waals surface area contributed by atoms with Gasteiger partial charge in [0.1, 0.15) is 5.54 Å². The van der Waals surface area contributed by atoms with Crippen LogP contribution in [-0.4, -0.2) is 34.7 Å². The molecule has 21 heavy (non-hydrogen) atoms. The minimum absolute atomic E-state index is 0.255. The molecule has 0 aliphatic carbocycles. The number of hydrogen-bond acceptors (Lipinski definition) is 4. The SMILES string of the molecule is CCCC(C)(NC(=O)NCc1ccc(OC)nc1)C(=O)O. The second-order valence-corrected chi connectivity index (χ2v) is 4.90. The number of ether oxygens (including phenoxy) is 1. The van der Waals surface area contributed by atoms with Gasteiger partial charge >= 0.3 is 12.0 Å². The number of pyridine rings is 1. The topological polar surface area (TPSA) is 101 Å². The number of carboxylic acid groups (broad SMARTS) is 1. The van der Waals surface area contributed by atoms with Crippen LogP contribution in [-0.2, 0) is 11.3 Å². The number of urea groups is 1. The maximum Gasteiger partial charge on any atom is 0.329 e. The van der Waals surface area contributed by atoms with E-state index in [-0.39, 0.29) is 6.54 Å². The number of rotatable bonds is 7. The first-order valence-corrected chi connectivity index (χ1v) is 6.69. The van der Waals surface area contributed by atoms with Gasteiger partial charge in [0.05, 0.1) is 7.11 Å². The Bertz CT molecular complexity index is 489. The van der Waals surface area contributed by atoms with Crippen LogP contribution in [0.1, 0.15) is 32.3 Å². The van der Waals surface area contributed by atoms with Crippen LogP contribution in [0.3, 0.4) is 0 Å². The Morgan fingerprint density at radius 2 is 2.14 bits per heavy atom. The van der Waals surface area contributed by atoms with Crippen LogP contribution < -0.4 is 15.4 Å². The van der Waals surface area contributed by atoms with Gasteiger partial charge in [0.25, 0.3) is 0 Å². The molecule has 1 heterocycles. The molecular formula is C14H21N3O4. The Morgan fingerprint density at radius 3 is 2.62 bits per heavy atom. The third kappa shape index (κ3) is 4.94. The highest BCUT2D eigenvalue weighted by atomic mass is 16.5. The minimum atomic E-state index is -1.27. The number of hydrogen-bond donors (Lipinski definition) is 3. The van der Waals surface area contributed by atoms with E-state index in [9.17, 15) is 14.7 Å². The van der Waals surface area contributed by atoms with Crippen LogP contribution in [0, 0.1) is 0 Å². The lowest BCUT2D eigenvalue weighted by molar-refractivity contribution is -0.144. The normalized spacial score (nSPS) is 13.1. The van der Waals surface area contributed by atoms with Gasteiger partial charge in [-0.05, 0) is 18.9 Å². The molecule has 0 fully saturated rings. The molecule has 7 nitrogen and oxygen atoms in total. The summed E-state index contributed by atoms with van der Waals surface area (Å²) in [6.07, 6.45) is 2.60. The Morgan fingerprint density at radius 1 is 1.43 bits per heavy atom. The molecule has 1 aromatic heterocycles. The predicted octanol–water partition coefficient (Wildman–Crippen LogP) is 1.53. The van der Waals surface area contributed by atoms with E-state index in [1.165, 1.54) is 14.0 Å². The first-order chi connectivity index (χ1) is 9.91. The molecule has 0 bridgehead atoms. The number of nitrogens with one attached hydrogen (secondary N) is 2. The van der Waals surface area contributed by atoms with Gasteiger partial charge in [0, 0.05) is 18.8 Å². The maximum absolute atomic E-state index is 11.8. The van der Waals surface area contributed by atoms with Crippen LogP contribution in [0.15, 0.2) is 18.3 Å². The summed E-state index contributed by atoms with van der Waals surface area (Å²) in [5.41, 5.74) is -0.477. The summed E-state index contributed by atoms with van der Waals surface area (Å²) in [6.45, 7) is 3.61. The van der Waals surface area contributed by atoms with Gasteiger partial charge in [-0.15, -0.1) is 0 Å². The van der Waals surface area contributed by atoms with Crippen molar-refractivity contribution in [3.8, 4) is 5.88 Å². The molecule has 0 saturated carbocycles. The lowest BCUT2D eigenvalue weighted by Crippen LogP contribution is -2.55. The van der Waals surface area contributed by atoms with E-state index in [1.807, 2.05) is 6.92 Å². The van der Waals surface area contributed by atoms with E-state index in [0.29, 0.717) is 18.7 Å². The van der Waals surface area contributed by atoms with Crippen molar-refractivity contribution in [2.45, 2.75) is 38.8 Å². The van der Waals surface area contributed by atoms with E-state index in [4.69, 9.17) is 4.74 Å². The fraction of sp³-hybridized carbons (Fsp3) is 0.500. The lowest BCUT2D eigenvalue weighted by Gasteiger charge is -2.25. The van der Waals surface area contributed by atoms with Crippen LogP contribution in [0.5, 0.6) is 5.88 Å². The molecule has 0 radical (unpaired) electrons. The Labute approximate surface area is 123 Å². The predicted molar refractivity (Wildman–Crippen MR) is 77.1 cm³/mol. The highest BCUT2D eigenvalue weighted by Gasteiger charge is 2.33. The quantitative estimate of drug-likeness (QED) is 0.708. The molecule has 7 heteroatoms. The van der Waals surface area contributed by atoms with Gasteiger partial charge in [0.15, 0.2) is 0 Å². The third-order valence-electron chi connectivity index (χ3n) is 3.07. The number of aromatic nitrogens is 1. The van der Waals surface area contributed by atoms with Crippen molar-refractivity contribution in [1.82, 2.24) is 15.6 Å².